The fourth-order valence-electron chi connectivity index (χ4n) is 3.03. The third kappa shape index (κ3) is 4.77. The van der Waals surface area contributed by atoms with Gasteiger partial charge in [-0.3, -0.25) is 4.79 Å². The molecular weight excluding hydrogens is 358 g/mol. The molecule has 0 bridgehead atoms. The number of thiocarbonyl (C=S) groups is 1. The minimum atomic E-state index is -0.0856. The summed E-state index contributed by atoms with van der Waals surface area (Å²) in [6.45, 7) is 5.88. The molecule has 142 valence electrons. The van der Waals surface area contributed by atoms with Gasteiger partial charge >= 0.3 is 0 Å². The number of unbranched alkanes of at least 4 members (excludes halogenated alkanes) is 1. The highest BCUT2D eigenvalue weighted by Gasteiger charge is 2.15. The van der Waals surface area contributed by atoms with Crippen molar-refractivity contribution in [2.45, 2.75) is 39.8 Å². The SMILES string of the molecule is CCCCNC(=S)N(Cc1ccco1)Cc1cc2cccc(C)c2[nH]c1=O. The molecule has 0 radical (unpaired) electrons. The number of benzene rings is 1. The molecule has 0 atom stereocenters. The second kappa shape index (κ2) is 8.86. The van der Waals surface area contributed by atoms with E-state index in [4.69, 9.17) is 16.6 Å². The molecule has 0 saturated carbocycles. The molecule has 0 aliphatic rings. The molecule has 0 amide bonds. The highest BCUT2D eigenvalue weighted by molar-refractivity contribution is 7.80. The van der Waals surface area contributed by atoms with E-state index in [1.54, 1.807) is 6.26 Å². The van der Waals surface area contributed by atoms with E-state index in [2.05, 4.69) is 17.2 Å². The standard InChI is InChI=1S/C21H25N3O2S/c1-3-4-10-22-21(27)24(14-18-9-6-11-26-18)13-17-12-16-8-5-7-15(2)19(16)23-20(17)25/h5-9,11-12H,3-4,10,13-14H2,1-2H3,(H,22,27)(H,23,25). The summed E-state index contributed by atoms with van der Waals surface area (Å²) in [5.74, 6) is 0.808. The predicted molar refractivity (Wildman–Crippen MR) is 113 cm³/mol. The summed E-state index contributed by atoms with van der Waals surface area (Å²) in [6.07, 6.45) is 3.79. The maximum Gasteiger partial charge on any atom is 0.253 e. The number of H-pyrrole nitrogens is 1. The first kappa shape index (κ1) is 19.2. The first-order valence-corrected chi connectivity index (χ1v) is 9.66. The molecule has 2 heterocycles. The first-order valence-electron chi connectivity index (χ1n) is 9.25. The van der Waals surface area contributed by atoms with Gasteiger partial charge in [0.1, 0.15) is 5.76 Å². The molecule has 0 fully saturated rings. The summed E-state index contributed by atoms with van der Waals surface area (Å²) in [5.41, 5.74) is 2.53. The minimum absolute atomic E-state index is 0.0856. The third-order valence-corrected chi connectivity index (χ3v) is 4.95. The second-order valence-corrected chi connectivity index (χ2v) is 7.07. The van der Waals surface area contributed by atoms with Gasteiger partial charge in [0, 0.05) is 12.1 Å². The molecule has 1 aromatic carbocycles. The molecule has 0 spiro atoms. The maximum atomic E-state index is 12.6. The molecule has 3 rings (SSSR count). The van der Waals surface area contributed by atoms with Gasteiger partial charge in [-0.2, -0.15) is 0 Å². The lowest BCUT2D eigenvalue weighted by molar-refractivity contribution is 0.350. The molecule has 6 heteroatoms. The van der Waals surface area contributed by atoms with E-state index < -0.39 is 0 Å². The summed E-state index contributed by atoms with van der Waals surface area (Å²) in [4.78, 5) is 17.6. The first-order chi connectivity index (χ1) is 13.1. The number of aromatic amines is 1. The van der Waals surface area contributed by atoms with Gasteiger partial charge in [0.2, 0.25) is 0 Å². The zero-order chi connectivity index (χ0) is 19.2. The number of hydrogen-bond acceptors (Lipinski definition) is 3. The molecular formula is C21H25N3O2S. The van der Waals surface area contributed by atoms with Crippen LogP contribution in [0.3, 0.4) is 0 Å². The summed E-state index contributed by atoms with van der Waals surface area (Å²) in [7, 11) is 0. The zero-order valence-electron chi connectivity index (χ0n) is 15.7. The van der Waals surface area contributed by atoms with Crippen molar-refractivity contribution in [3.8, 4) is 0 Å². The Morgan fingerprint density at radius 1 is 1.26 bits per heavy atom. The second-order valence-electron chi connectivity index (χ2n) is 6.68. The lowest BCUT2D eigenvalue weighted by Gasteiger charge is -2.25. The van der Waals surface area contributed by atoms with Gasteiger partial charge in [0.05, 0.1) is 24.9 Å². The number of nitrogens with zero attached hydrogens (tertiary/aromatic N) is 1. The average molecular weight is 384 g/mol. The fraction of sp³-hybridized carbons (Fsp3) is 0.333. The number of aryl methyl sites for hydroxylation is 1. The van der Waals surface area contributed by atoms with Crippen molar-refractivity contribution in [2.75, 3.05) is 6.54 Å². The number of fused-ring (bicyclic) bond motifs is 1. The summed E-state index contributed by atoms with van der Waals surface area (Å²) in [6, 6.07) is 11.7. The molecule has 2 N–H and O–H groups in total. The van der Waals surface area contributed by atoms with Crippen LogP contribution in [0.5, 0.6) is 0 Å². The molecule has 5 nitrogen and oxygen atoms in total. The van der Waals surface area contributed by atoms with E-state index in [-0.39, 0.29) is 5.56 Å². The van der Waals surface area contributed by atoms with Crippen molar-refractivity contribution in [3.63, 3.8) is 0 Å². The monoisotopic (exact) mass is 383 g/mol. The van der Waals surface area contributed by atoms with Crippen LogP contribution < -0.4 is 10.9 Å². The van der Waals surface area contributed by atoms with Crippen LogP contribution in [0.2, 0.25) is 0 Å². The Morgan fingerprint density at radius 3 is 2.85 bits per heavy atom. The maximum absolute atomic E-state index is 12.6. The number of para-hydroxylation sites is 1. The van der Waals surface area contributed by atoms with Gasteiger partial charge in [-0.25, -0.2) is 0 Å². The smallest absolute Gasteiger partial charge is 0.253 e. The van der Waals surface area contributed by atoms with Crippen molar-refractivity contribution >= 4 is 28.2 Å². The van der Waals surface area contributed by atoms with Crippen LogP contribution in [0.25, 0.3) is 10.9 Å². The highest BCUT2D eigenvalue weighted by Crippen LogP contribution is 2.16. The van der Waals surface area contributed by atoms with Gasteiger partial charge in [-0.1, -0.05) is 31.5 Å². The molecule has 0 aliphatic heterocycles. The predicted octanol–water partition coefficient (Wildman–Crippen LogP) is 4.11. The lowest BCUT2D eigenvalue weighted by atomic mass is 10.1. The van der Waals surface area contributed by atoms with Gasteiger partial charge in [-0.05, 0) is 54.7 Å². The Hall–Kier alpha value is -2.60. The van der Waals surface area contributed by atoms with Crippen LogP contribution >= 0.6 is 12.2 Å². The van der Waals surface area contributed by atoms with Gasteiger partial charge < -0.3 is 19.6 Å². The number of nitrogens with one attached hydrogen (secondary N) is 2. The van der Waals surface area contributed by atoms with E-state index in [1.165, 1.54) is 0 Å². The topological polar surface area (TPSA) is 61.3 Å². The fourth-order valence-corrected chi connectivity index (χ4v) is 3.26. The van der Waals surface area contributed by atoms with Crippen molar-refractivity contribution < 1.29 is 4.42 Å². The Labute approximate surface area is 164 Å². The van der Waals surface area contributed by atoms with Crippen LogP contribution in [0.4, 0.5) is 0 Å². The van der Waals surface area contributed by atoms with E-state index in [9.17, 15) is 4.79 Å². The Balaban J connectivity index is 1.86. The van der Waals surface area contributed by atoms with Crippen LogP contribution in [0.15, 0.2) is 51.9 Å². The van der Waals surface area contributed by atoms with Crippen molar-refractivity contribution in [3.05, 3.63) is 69.9 Å². The third-order valence-electron chi connectivity index (χ3n) is 4.55. The van der Waals surface area contributed by atoms with E-state index >= 15 is 0 Å². The molecule has 0 unspecified atom stereocenters. The molecule has 0 aliphatic carbocycles. The quantitative estimate of drug-likeness (QED) is 0.475. The van der Waals surface area contributed by atoms with Gasteiger partial charge in [0.25, 0.3) is 5.56 Å². The summed E-state index contributed by atoms with van der Waals surface area (Å²) < 4.78 is 5.48. The van der Waals surface area contributed by atoms with Crippen LogP contribution in [0, 0.1) is 6.92 Å². The highest BCUT2D eigenvalue weighted by atomic mass is 32.1. The lowest BCUT2D eigenvalue weighted by Crippen LogP contribution is -2.40. The van der Waals surface area contributed by atoms with E-state index in [0.717, 1.165) is 41.6 Å². The van der Waals surface area contributed by atoms with Crippen LogP contribution in [-0.2, 0) is 13.1 Å². The van der Waals surface area contributed by atoms with Crippen molar-refractivity contribution in [2.24, 2.45) is 0 Å². The van der Waals surface area contributed by atoms with Gasteiger partial charge in [0.15, 0.2) is 5.11 Å². The molecule has 27 heavy (non-hydrogen) atoms. The Bertz CT molecular complexity index is 963. The van der Waals surface area contributed by atoms with E-state index in [0.29, 0.717) is 23.8 Å². The number of aromatic nitrogens is 1. The zero-order valence-corrected chi connectivity index (χ0v) is 16.6. The minimum Gasteiger partial charge on any atom is -0.467 e. The Morgan fingerprint density at radius 2 is 2.11 bits per heavy atom. The average Bonchev–Trinajstić information content (AvgIpc) is 3.16. The van der Waals surface area contributed by atoms with Gasteiger partial charge in [-0.15, -0.1) is 0 Å². The summed E-state index contributed by atoms with van der Waals surface area (Å²) in [5, 5.41) is 4.93. The summed E-state index contributed by atoms with van der Waals surface area (Å²) >= 11 is 5.58. The van der Waals surface area contributed by atoms with E-state index in [1.807, 2.05) is 48.2 Å². The van der Waals surface area contributed by atoms with Crippen molar-refractivity contribution in [1.82, 2.24) is 15.2 Å². The van der Waals surface area contributed by atoms with Crippen LogP contribution in [-0.4, -0.2) is 21.5 Å². The number of furan rings is 1. The molecule has 3 aromatic rings. The largest absolute Gasteiger partial charge is 0.467 e. The molecule has 2 aromatic heterocycles. The normalized spacial score (nSPS) is 10.9. The number of hydrogen-bond donors (Lipinski definition) is 2. The van der Waals surface area contributed by atoms with Crippen molar-refractivity contribution in [1.29, 1.82) is 0 Å². The Kier molecular flexibility index (Phi) is 6.29. The van der Waals surface area contributed by atoms with Crippen LogP contribution in [0.1, 0.15) is 36.7 Å². The number of pyridine rings is 1. The number of rotatable bonds is 7. The molecule has 0 saturated heterocycles.